The Morgan fingerprint density at radius 3 is 2.96 bits per heavy atom. The lowest BCUT2D eigenvalue weighted by Gasteiger charge is -2.37. The van der Waals surface area contributed by atoms with Crippen LogP contribution in [0.25, 0.3) is 0 Å². The molecular formula is C19H24F2N4O. The minimum Gasteiger partial charge on any atom is -0.435 e. The molecule has 0 amide bonds. The molecule has 1 aromatic heterocycles. The number of piperidine rings is 1. The number of ether oxygens (including phenoxy) is 1. The number of aryl methyl sites for hydroxylation is 1. The van der Waals surface area contributed by atoms with Crippen molar-refractivity contribution in [3.63, 3.8) is 0 Å². The van der Waals surface area contributed by atoms with Crippen molar-refractivity contribution in [3.8, 4) is 5.75 Å². The number of nitrogens with zero attached hydrogens (tertiary/aromatic N) is 4. The summed E-state index contributed by atoms with van der Waals surface area (Å²) >= 11 is 0. The molecule has 0 spiro atoms. The highest BCUT2D eigenvalue weighted by Gasteiger charge is 2.24. The fourth-order valence-corrected chi connectivity index (χ4v) is 3.34. The van der Waals surface area contributed by atoms with Crippen molar-refractivity contribution >= 4 is 5.95 Å². The molecular weight excluding hydrogens is 338 g/mol. The van der Waals surface area contributed by atoms with Crippen LogP contribution in [0.2, 0.25) is 0 Å². The first-order valence-electron chi connectivity index (χ1n) is 8.80. The smallest absolute Gasteiger partial charge is 0.387 e. The highest BCUT2D eigenvalue weighted by atomic mass is 19.3. The van der Waals surface area contributed by atoms with Gasteiger partial charge in [0, 0.05) is 38.1 Å². The van der Waals surface area contributed by atoms with Crippen LogP contribution in [-0.4, -0.2) is 47.7 Å². The fraction of sp³-hybridized carbons (Fsp3) is 0.474. The van der Waals surface area contributed by atoms with E-state index in [2.05, 4.69) is 24.5 Å². The highest BCUT2D eigenvalue weighted by Crippen LogP contribution is 2.22. The topological polar surface area (TPSA) is 41.5 Å². The lowest BCUT2D eigenvalue weighted by Crippen LogP contribution is -2.46. The number of alkyl halides is 2. The standard InChI is InChI=1S/C19H24F2N4O/c1-14-8-9-22-19(23-14)24(2)16-6-4-10-25(13-16)12-15-5-3-7-17(11-15)26-18(20)21/h3,5,7-9,11,16,18H,4,6,10,12-13H2,1-2H3. The summed E-state index contributed by atoms with van der Waals surface area (Å²) in [5.74, 6) is 0.945. The Labute approximate surface area is 152 Å². The van der Waals surface area contributed by atoms with Gasteiger partial charge in [0.25, 0.3) is 0 Å². The summed E-state index contributed by atoms with van der Waals surface area (Å²) in [6.07, 6.45) is 3.94. The van der Waals surface area contributed by atoms with E-state index < -0.39 is 6.61 Å². The Kier molecular flexibility index (Phi) is 5.98. The summed E-state index contributed by atoms with van der Waals surface area (Å²) in [6, 6.07) is 9.14. The zero-order valence-corrected chi connectivity index (χ0v) is 15.1. The third kappa shape index (κ3) is 4.88. The van der Waals surface area contributed by atoms with Crippen molar-refractivity contribution < 1.29 is 13.5 Å². The zero-order valence-electron chi connectivity index (χ0n) is 15.1. The van der Waals surface area contributed by atoms with E-state index >= 15 is 0 Å². The normalized spacial score (nSPS) is 18.1. The number of benzene rings is 1. The van der Waals surface area contributed by atoms with Gasteiger partial charge < -0.3 is 9.64 Å². The molecule has 140 valence electrons. The van der Waals surface area contributed by atoms with Gasteiger partial charge in [0.1, 0.15) is 5.75 Å². The largest absolute Gasteiger partial charge is 0.435 e. The van der Waals surface area contributed by atoms with E-state index in [0.717, 1.165) is 43.1 Å². The first kappa shape index (κ1) is 18.5. The van der Waals surface area contributed by atoms with Crippen molar-refractivity contribution in [1.29, 1.82) is 0 Å². The van der Waals surface area contributed by atoms with Crippen LogP contribution in [-0.2, 0) is 6.54 Å². The minimum absolute atomic E-state index is 0.205. The second kappa shape index (κ2) is 8.40. The van der Waals surface area contributed by atoms with Crippen LogP contribution in [0.1, 0.15) is 24.1 Å². The van der Waals surface area contributed by atoms with E-state index in [4.69, 9.17) is 0 Å². The first-order chi connectivity index (χ1) is 12.5. The van der Waals surface area contributed by atoms with Gasteiger partial charge in [-0.2, -0.15) is 8.78 Å². The summed E-state index contributed by atoms with van der Waals surface area (Å²) in [5, 5.41) is 0. The quantitative estimate of drug-likeness (QED) is 0.787. The second-order valence-corrected chi connectivity index (χ2v) is 6.67. The predicted molar refractivity (Wildman–Crippen MR) is 96.5 cm³/mol. The van der Waals surface area contributed by atoms with E-state index in [-0.39, 0.29) is 5.75 Å². The number of anilines is 1. The van der Waals surface area contributed by atoms with Crippen molar-refractivity contribution in [2.45, 2.75) is 39.0 Å². The molecule has 3 rings (SSSR count). The minimum atomic E-state index is -2.80. The lowest BCUT2D eigenvalue weighted by atomic mass is 10.0. The van der Waals surface area contributed by atoms with Crippen molar-refractivity contribution in [3.05, 3.63) is 47.8 Å². The lowest BCUT2D eigenvalue weighted by molar-refractivity contribution is -0.0499. The maximum absolute atomic E-state index is 12.4. The zero-order chi connectivity index (χ0) is 18.5. The van der Waals surface area contributed by atoms with Gasteiger partial charge in [-0.05, 0) is 50.1 Å². The van der Waals surface area contributed by atoms with Crippen molar-refractivity contribution in [2.24, 2.45) is 0 Å². The van der Waals surface area contributed by atoms with E-state index in [1.807, 2.05) is 26.1 Å². The van der Waals surface area contributed by atoms with Gasteiger partial charge in [0.05, 0.1) is 0 Å². The maximum Gasteiger partial charge on any atom is 0.387 e. The second-order valence-electron chi connectivity index (χ2n) is 6.67. The van der Waals surface area contributed by atoms with Gasteiger partial charge in [0.2, 0.25) is 5.95 Å². The molecule has 1 fully saturated rings. The average molecular weight is 362 g/mol. The van der Waals surface area contributed by atoms with Crippen LogP contribution >= 0.6 is 0 Å². The van der Waals surface area contributed by atoms with Gasteiger partial charge in [-0.1, -0.05) is 12.1 Å². The summed E-state index contributed by atoms with van der Waals surface area (Å²) in [6.45, 7) is 1.74. The Bertz CT molecular complexity index is 728. The molecule has 0 radical (unpaired) electrons. The number of aromatic nitrogens is 2. The number of hydrogen-bond acceptors (Lipinski definition) is 5. The summed E-state index contributed by atoms with van der Waals surface area (Å²) < 4.78 is 29.3. The van der Waals surface area contributed by atoms with Crippen LogP contribution in [0.5, 0.6) is 5.75 Å². The van der Waals surface area contributed by atoms with Crippen LogP contribution in [0, 0.1) is 6.92 Å². The molecule has 2 aromatic rings. The Morgan fingerprint density at radius 1 is 1.35 bits per heavy atom. The Balaban J connectivity index is 1.63. The molecule has 0 bridgehead atoms. The Hall–Kier alpha value is -2.28. The fourth-order valence-electron chi connectivity index (χ4n) is 3.34. The Morgan fingerprint density at radius 2 is 2.19 bits per heavy atom. The number of likely N-dealkylation sites (tertiary alicyclic amines) is 1. The van der Waals surface area contributed by atoms with Gasteiger partial charge in [-0.3, -0.25) is 4.90 Å². The maximum atomic E-state index is 12.4. The van der Waals surface area contributed by atoms with E-state index in [1.165, 1.54) is 0 Å². The van der Waals surface area contributed by atoms with Crippen LogP contribution in [0.4, 0.5) is 14.7 Å². The molecule has 2 heterocycles. The molecule has 0 aliphatic carbocycles. The van der Waals surface area contributed by atoms with Crippen molar-refractivity contribution in [2.75, 3.05) is 25.0 Å². The predicted octanol–water partition coefficient (Wildman–Crippen LogP) is 3.49. The number of likely N-dealkylation sites (N-methyl/N-ethyl adjacent to an activating group) is 1. The summed E-state index contributed by atoms with van der Waals surface area (Å²) in [5.41, 5.74) is 1.92. The van der Waals surface area contributed by atoms with E-state index in [0.29, 0.717) is 12.6 Å². The van der Waals surface area contributed by atoms with Crippen LogP contribution in [0.15, 0.2) is 36.5 Å². The third-order valence-electron chi connectivity index (χ3n) is 4.66. The molecule has 26 heavy (non-hydrogen) atoms. The molecule has 7 heteroatoms. The molecule has 0 saturated carbocycles. The molecule has 5 nitrogen and oxygen atoms in total. The molecule has 0 N–H and O–H groups in total. The number of hydrogen-bond donors (Lipinski definition) is 0. The van der Waals surface area contributed by atoms with E-state index in [9.17, 15) is 8.78 Å². The van der Waals surface area contributed by atoms with Crippen molar-refractivity contribution in [1.82, 2.24) is 14.9 Å². The third-order valence-corrected chi connectivity index (χ3v) is 4.66. The SMILES string of the molecule is Cc1ccnc(N(C)C2CCCN(Cc3cccc(OC(F)F)c3)C2)n1. The highest BCUT2D eigenvalue weighted by molar-refractivity contribution is 5.31. The molecule has 1 aliphatic heterocycles. The summed E-state index contributed by atoms with van der Waals surface area (Å²) in [7, 11) is 2.03. The molecule has 1 aromatic carbocycles. The molecule has 1 saturated heterocycles. The molecule has 1 aliphatic rings. The number of rotatable bonds is 6. The molecule has 1 atom stereocenters. The monoisotopic (exact) mass is 362 g/mol. The van der Waals surface area contributed by atoms with Gasteiger partial charge in [0.15, 0.2) is 0 Å². The average Bonchev–Trinajstić information content (AvgIpc) is 2.61. The van der Waals surface area contributed by atoms with Gasteiger partial charge >= 0.3 is 6.61 Å². The van der Waals surface area contributed by atoms with Gasteiger partial charge in [-0.25, -0.2) is 9.97 Å². The van der Waals surface area contributed by atoms with Crippen LogP contribution < -0.4 is 9.64 Å². The van der Waals surface area contributed by atoms with E-state index in [1.54, 1.807) is 24.4 Å². The summed E-state index contributed by atoms with van der Waals surface area (Å²) in [4.78, 5) is 13.3. The number of halogens is 2. The van der Waals surface area contributed by atoms with Crippen LogP contribution in [0.3, 0.4) is 0 Å². The first-order valence-corrected chi connectivity index (χ1v) is 8.80. The van der Waals surface area contributed by atoms with Gasteiger partial charge in [-0.15, -0.1) is 0 Å². The molecule has 1 unspecified atom stereocenters.